The maximum atomic E-state index is 12.0. The molecule has 7 nitrogen and oxygen atoms in total. The minimum absolute atomic E-state index is 0.0660. The van der Waals surface area contributed by atoms with Crippen molar-refractivity contribution >= 4 is 17.8 Å². The summed E-state index contributed by atoms with van der Waals surface area (Å²) < 4.78 is 0. The van der Waals surface area contributed by atoms with Crippen LogP contribution in [0.15, 0.2) is 0 Å². The molecule has 0 unspecified atom stereocenters. The Morgan fingerprint density at radius 1 is 1.27 bits per heavy atom. The molecule has 2 aliphatic carbocycles. The van der Waals surface area contributed by atoms with E-state index < -0.39 is 12.0 Å². The van der Waals surface area contributed by atoms with Crippen LogP contribution < -0.4 is 10.6 Å². The van der Waals surface area contributed by atoms with Crippen LogP contribution in [0, 0.1) is 5.92 Å². The van der Waals surface area contributed by atoms with Gasteiger partial charge in [-0.2, -0.15) is 0 Å². The average molecular weight is 309 g/mol. The second kappa shape index (κ2) is 6.24. The Kier molecular flexibility index (Phi) is 4.33. The monoisotopic (exact) mass is 309 g/mol. The summed E-state index contributed by atoms with van der Waals surface area (Å²) in [5, 5.41) is 14.6. The van der Waals surface area contributed by atoms with Crippen LogP contribution in [0.2, 0.25) is 0 Å². The van der Waals surface area contributed by atoms with Crippen LogP contribution in [-0.4, -0.2) is 59.0 Å². The molecule has 0 spiro atoms. The van der Waals surface area contributed by atoms with Gasteiger partial charge in [0.2, 0.25) is 11.8 Å². The number of nitrogens with zero attached hydrogens (tertiary/aromatic N) is 1. The molecule has 7 heteroatoms. The fraction of sp³-hybridized carbons (Fsp3) is 0.800. The van der Waals surface area contributed by atoms with Gasteiger partial charge in [0.15, 0.2) is 0 Å². The molecule has 1 aliphatic heterocycles. The van der Waals surface area contributed by atoms with Crippen molar-refractivity contribution in [1.82, 2.24) is 15.5 Å². The number of carboxylic acids is 1. The van der Waals surface area contributed by atoms with Crippen LogP contribution in [0.25, 0.3) is 0 Å². The standard InChI is InChI=1S/C15H23N3O4/c19-13-4-3-12(17-13)15(22)16-10-5-11(6-10)18(8-14(20)21)7-9-1-2-9/h9-12H,1-8H2,(H,16,22)(H,17,19)(H,20,21)/t10?,11?,12-/m0/s1. The third-order valence-electron chi connectivity index (χ3n) is 4.82. The lowest BCUT2D eigenvalue weighted by Crippen LogP contribution is -2.57. The summed E-state index contributed by atoms with van der Waals surface area (Å²) in [5.74, 6) is -0.312. The van der Waals surface area contributed by atoms with Crippen LogP contribution in [0.5, 0.6) is 0 Å². The zero-order valence-electron chi connectivity index (χ0n) is 12.6. The molecule has 3 aliphatic rings. The summed E-state index contributed by atoms with van der Waals surface area (Å²) in [7, 11) is 0. The Morgan fingerprint density at radius 3 is 2.55 bits per heavy atom. The van der Waals surface area contributed by atoms with Crippen LogP contribution in [0.1, 0.15) is 38.5 Å². The van der Waals surface area contributed by atoms with Gasteiger partial charge in [-0.1, -0.05) is 0 Å². The van der Waals surface area contributed by atoms with Crippen molar-refractivity contribution < 1.29 is 19.5 Å². The fourth-order valence-corrected chi connectivity index (χ4v) is 3.26. The molecule has 0 bridgehead atoms. The molecule has 1 heterocycles. The molecule has 1 saturated heterocycles. The lowest BCUT2D eigenvalue weighted by Gasteiger charge is -2.43. The first-order valence-corrected chi connectivity index (χ1v) is 8.07. The minimum Gasteiger partial charge on any atom is -0.480 e. The summed E-state index contributed by atoms with van der Waals surface area (Å²) in [6, 6.07) is -0.0428. The zero-order valence-corrected chi connectivity index (χ0v) is 12.6. The summed E-state index contributed by atoms with van der Waals surface area (Å²) in [4.78, 5) is 36.1. The minimum atomic E-state index is -0.790. The zero-order chi connectivity index (χ0) is 15.7. The predicted octanol–water partition coefficient (Wildman–Crippen LogP) is -0.291. The highest BCUT2D eigenvalue weighted by Gasteiger charge is 2.39. The van der Waals surface area contributed by atoms with Crippen molar-refractivity contribution in [3.05, 3.63) is 0 Å². The number of rotatable bonds is 7. The van der Waals surface area contributed by atoms with Crippen molar-refractivity contribution in [1.29, 1.82) is 0 Å². The average Bonchev–Trinajstić information content (AvgIpc) is 3.10. The van der Waals surface area contributed by atoms with E-state index in [1.807, 2.05) is 4.90 Å². The summed E-state index contributed by atoms with van der Waals surface area (Å²) in [5.41, 5.74) is 0. The number of hydrogen-bond donors (Lipinski definition) is 3. The Bertz CT molecular complexity index is 471. The molecule has 3 fully saturated rings. The van der Waals surface area contributed by atoms with Gasteiger partial charge in [0.05, 0.1) is 6.54 Å². The number of carbonyl (C=O) groups excluding carboxylic acids is 2. The molecular weight excluding hydrogens is 286 g/mol. The first-order chi connectivity index (χ1) is 10.5. The molecule has 0 aromatic carbocycles. The van der Waals surface area contributed by atoms with E-state index in [4.69, 9.17) is 5.11 Å². The van der Waals surface area contributed by atoms with Crippen molar-refractivity contribution in [2.24, 2.45) is 5.92 Å². The molecule has 122 valence electrons. The highest BCUT2D eigenvalue weighted by molar-refractivity contribution is 5.90. The first-order valence-electron chi connectivity index (χ1n) is 8.07. The Labute approximate surface area is 129 Å². The van der Waals surface area contributed by atoms with Gasteiger partial charge in [0.25, 0.3) is 0 Å². The van der Waals surface area contributed by atoms with Gasteiger partial charge in [-0.05, 0) is 38.0 Å². The second-order valence-electron chi connectivity index (χ2n) is 6.76. The van der Waals surface area contributed by atoms with E-state index in [0.717, 1.165) is 19.4 Å². The summed E-state index contributed by atoms with van der Waals surface area (Å²) in [6.07, 6.45) is 4.97. The Balaban J connectivity index is 1.42. The lowest BCUT2D eigenvalue weighted by molar-refractivity contribution is -0.140. The lowest BCUT2D eigenvalue weighted by atomic mass is 9.85. The van der Waals surface area contributed by atoms with Crippen molar-refractivity contribution in [2.75, 3.05) is 13.1 Å². The van der Waals surface area contributed by atoms with Gasteiger partial charge in [-0.15, -0.1) is 0 Å². The Morgan fingerprint density at radius 2 is 2.00 bits per heavy atom. The van der Waals surface area contributed by atoms with E-state index in [2.05, 4.69) is 10.6 Å². The maximum absolute atomic E-state index is 12.0. The number of hydrogen-bond acceptors (Lipinski definition) is 4. The molecule has 0 radical (unpaired) electrons. The number of amides is 2. The normalized spacial score (nSPS) is 30.8. The Hall–Kier alpha value is -1.63. The van der Waals surface area contributed by atoms with E-state index in [9.17, 15) is 14.4 Å². The third kappa shape index (κ3) is 3.76. The topological polar surface area (TPSA) is 98.7 Å². The fourth-order valence-electron chi connectivity index (χ4n) is 3.26. The quantitative estimate of drug-likeness (QED) is 0.600. The maximum Gasteiger partial charge on any atom is 0.317 e. The van der Waals surface area contributed by atoms with Crippen LogP contribution >= 0.6 is 0 Å². The molecule has 0 aromatic heterocycles. The van der Waals surface area contributed by atoms with E-state index in [1.165, 1.54) is 12.8 Å². The van der Waals surface area contributed by atoms with E-state index >= 15 is 0 Å². The molecule has 2 amide bonds. The van der Waals surface area contributed by atoms with E-state index in [0.29, 0.717) is 18.8 Å². The molecule has 1 atom stereocenters. The van der Waals surface area contributed by atoms with Crippen molar-refractivity contribution in [3.8, 4) is 0 Å². The van der Waals surface area contributed by atoms with Crippen molar-refractivity contribution in [2.45, 2.75) is 56.7 Å². The predicted molar refractivity (Wildman–Crippen MR) is 78.1 cm³/mol. The third-order valence-corrected chi connectivity index (χ3v) is 4.82. The molecular formula is C15H23N3O4. The SMILES string of the molecule is O=C(O)CN(CC1CC1)C1CC(NC(=O)[C@@H]2CCC(=O)N2)C1. The molecule has 3 N–H and O–H groups in total. The van der Waals surface area contributed by atoms with Gasteiger partial charge in [-0.3, -0.25) is 19.3 Å². The van der Waals surface area contributed by atoms with Crippen LogP contribution in [0.4, 0.5) is 0 Å². The van der Waals surface area contributed by atoms with Gasteiger partial charge < -0.3 is 15.7 Å². The van der Waals surface area contributed by atoms with Gasteiger partial charge >= 0.3 is 5.97 Å². The number of carboxylic acid groups (broad SMARTS) is 1. The number of aliphatic carboxylic acids is 1. The second-order valence-corrected chi connectivity index (χ2v) is 6.76. The smallest absolute Gasteiger partial charge is 0.317 e. The van der Waals surface area contributed by atoms with E-state index in [-0.39, 0.29) is 30.4 Å². The molecule has 22 heavy (non-hydrogen) atoms. The largest absolute Gasteiger partial charge is 0.480 e. The summed E-state index contributed by atoms with van der Waals surface area (Å²) in [6.45, 7) is 0.941. The van der Waals surface area contributed by atoms with Crippen LogP contribution in [-0.2, 0) is 14.4 Å². The highest BCUT2D eigenvalue weighted by atomic mass is 16.4. The van der Waals surface area contributed by atoms with Gasteiger partial charge in [-0.25, -0.2) is 0 Å². The molecule has 2 saturated carbocycles. The highest BCUT2D eigenvalue weighted by Crippen LogP contribution is 2.33. The van der Waals surface area contributed by atoms with Gasteiger partial charge in [0.1, 0.15) is 6.04 Å². The number of nitrogens with one attached hydrogen (secondary N) is 2. The molecule has 3 rings (SSSR count). The summed E-state index contributed by atoms with van der Waals surface area (Å²) >= 11 is 0. The van der Waals surface area contributed by atoms with Gasteiger partial charge in [0, 0.05) is 25.0 Å². The molecule has 0 aromatic rings. The van der Waals surface area contributed by atoms with Crippen LogP contribution in [0.3, 0.4) is 0 Å². The van der Waals surface area contributed by atoms with Crippen molar-refractivity contribution in [3.63, 3.8) is 0 Å². The number of carbonyl (C=O) groups is 3. The van der Waals surface area contributed by atoms with E-state index in [1.54, 1.807) is 0 Å². The first kappa shape index (κ1) is 15.3.